The van der Waals surface area contributed by atoms with E-state index in [0.717, 1.165) is 0 Å². The fraction of sp³-hybridized carbons (Fsp3) is 0.750. The van der Waals surface area contributed by atoms with Gasteiger partial charge in [-0.2, -0.15) is 26.3 Å². The minimum atomic E-state index is -6.16. The van der Waals surface area contributed by atoms with Crippen LogP contribution in [0, 0.1) is 0 Å². The van der Waals surface area contributed by atoms with Gasteiger partial charge >= 0.3 is 63.7 Å². The van der Waals surface area contributed by atoms with Gasteiger partial charge in [0.15, 0.2) is 0 Å². The van der Waals surface area contributed by atoms with Crippen LogP contribution in [0.2, 0.25) is 0 Å². The standard InChI is InChI=1S/C4HClF6O2.K/c5-2(1(12)13,3(6,7)8)4(9,10)11;/h(H,12,13);/q;+1/p-1. The second-order valence-electron chi connectivity index (χ2n) is 1.94. The molecule has 0 aromatic heterocycles. The van der Waals surface area contributed by atoms with E-state index in [2.05, 4.69) is 11.6 Å². The number of halogens is 7. The minimum Gasteiger partial charge on any atom is -0.547 e. The molecule has 0 aliphatic rings. The molecular weight excluding hydrogens is 269 g/mol. The van der Waals surface area contributed by atoms with E-state index >= 15 is 0 Å². The number of alkyl halides is 7. The van der Waals surface area contributed by atoms with Crippen LogP contribution in [-0.4, -0.2) is 23.2 Å². The molecule has 10 heteroatoms. The smallest absolute Gasteiger partial charge is 0.547 e. The Labute approximate surface area is 121 Å². The fourth-order valence-corrected chi connectivity index (χ4v) is 0.392. The molecule has 0 aromatic rings. The number of aliphatic carboxylic acids is 1. The molecule has 0 fully saturated rings. The largest absolute Gasteiger partial charge is 1.00 e. The molecule has 0 heterocycles. The first-order chi connectivity index (χ1) is 5.44. The van der Waals surface area contributed by atoms with Gasteiger partial charge < -0.3 is 9.90 Å². The molecule has 78 valence electrons. The minimum absolute atomic E-state index is 0. The van der Waals surface area contributed by atoms with Gasteiger partial charge in [-0.15, -0.1) is 0 Å². The summed E-state index contributed by atoms with van der Waals surface area (Å²) in [5.74, 6) is -3.45. The molecule has 0 saturated heterocycles. The Bertz CT molecular complexity index is 209. The van der Waals surface area contributed by atoms with Crippen LogP contribution in [0.5, 0.6) is 0 Å². The van der Waals surface area contributed by atoms with Gasteiger partial charge in [-0.3, -0.25) is 0 Å². The van der Waals surface area contributed by atoms with Crippen molar-refractivity contribution in [3.05, 3.63) is 0 Å². The van der Waals surface area contributed by atoms with Crippen LogP contribution in [0.25, 0.3) is 0 Å². The molecule has 2 nitrogen and oxygen atoms in total. The summed E-state index contributed by atoms with van der Waals surface area (Å²) < 4.78 is 69.5. The summed E-state index contributed by atoms with van der Waals surface area (Å²) in [6.07, 6.45) is -12.3. The number of hydrogen-bond acceptors (Lipinski definition) is 2. The number of carbonyl (C=O) groups excluding carboxylic acids is 1. The maximum Gasteiger partial charge on any atom is 1.00 e. The van der Waals surface area contributed by atoms with Gasteiger partial charge in [-0.05, 0) is 0 Å². The average molecular weight is 269 g/mol. The average Bonchev–Trinajstić information content (AvgIpc) is 1.80. The summed E-state index contributed by atoms with van der Waals surface area (Å²) in [6.45, 7) is 0. The molecule has 0 radical (unpaired) electrons. The summed E-state index contributed by atoms with van der Waals surface area (Å²) in [7, 11) is 0. The van der Waals surface area contributed by atoms with E-state index < -0.39 is 23.2 Å². The van der Waals surface area contributed by atoms with E-state index in [1.54, 1.807) is 0 Å². The summed E-state index contributed by atoms with van der Waals surface area (Å²) in [6, 6.07) is 0. The van der Waals surface area contributed by atoms with Crippen LogP contribution in [0.3, 0.4) is 0 Å². The zero-order valence-corrected chi connectivity index (χ0v) is 10.3. The SMILES string of the molecule is O=C([O-])C(Cl)(C(F)(F)F)C(F)(F)F.[K+]. The van der Waals surface area contributed by atoms with Crippen LogP contribution in [0.15, 0.2) is 0 Å². The molecule has 14 heavy (non-hydrogen) atoms. The van der Waals surface area contributed by atoms with E-state index in [0.29, 0.717) is 0 Å². The molecule has 0 rings (SSSR count). The van der Waals surface area contributed by atoms with E-state index in [4.69, 9.17) is 0 Å². The van der Waals surface area contributed by atoms with Gasteiger partial charge in [0.05, 0.1) is 5.97 Å². The van der Waals surface area contributed by atoms with Crippen molar-refractivity contribution in [2.75, 3.05) is 0 Å². The molecule has 0 unspecified atom stereocenters. The second kappa shape index (κ2) is 4.87. The Morgan fingerprint density at radius 2 is 1.21 bits per heavy atom. The predicted octanol–water partition coefficient (Wildman–Crippen LogP) is -2.16. The first-order valence-electron chi connectivity index (χ1n) is 2.48. The van der Waals surface area contributed by atoms with Crippen molar-refractivity contribution >= 4 is 17.6 Å². The molecule has 0 aliphatic carbocycles. The summed E-state index contributed by atoms with van der Waals surface area (Å²) >= 11 is 3.91. The topological polar surface area (TPSA) is 40.1 Å². The van der Waals surface area contributed by atoms with Crippen molar-refractivity contribution in [3.8, 4) is 0 Å². The normalized spacial score (nSPS) is 13.4. The Morgan fingerprint density at radius 3 is 1.21 bits per heavy atom. The molecule has 0 aromatic carbocycles. The van der Waals surface area contributed by atoms with Crippen LogP contribution in [0.1, 0.15) is 0 Å². The molecule has 0 saturated carbocycles. The molecule has 0 N–H and O–H groups in total. The molecular formula is C4ClF6KO2. The van der Waals surface area contributed by atoms with Crippen molar-refractivity contribution in [1.29, 1.82) is 0 Å². The molecule has 0 spiro atoms. The number of carboxylic acid groups (broad SMARTS) is 1. The third-order valence-electron chi connectivity index (χ3n) is 1.06. The van der Waals surface area contributed by atoms with Crippen molar-refractivity contribution in [3.63, 3.8) is 0 Å². The summed E-state index contributed by atoms with van der Waals surface area (Å²) in [4.78, 5) is 4.28. The summed E-state index contributed by atoms with van der Waals surface area (Å²) in [5, 5.41) is 9.63. The van der Waals surface area contributed by atoms with Crippen LogP contribution in [-0.2, 0) is 4.79 Å². The zero-order valence-electron chi connectivity index (χ0n) is 6.46. The van der Waals surface area contributed by atoms with Gasteiger partial charge in [-0.25, -0.2) is 0 Å². The van der Waals surface area contributed by atoms with Gasteiger partial charge in [-0.1, -0.05) is 11.6 Å². The predicted molar refractivity (Wildman–Crippen MR) is 25.7 cm³/mol. The van der Waals surface area contributed by atoms with E-state index in [1.807, 2.05) is 0 Å². The van der Waals surface area contributed by atoms with Gasteiger partial charge in [0.2, 0.25) is 0 Å². The third kappa shape index (κ3) is 2.98. The van der Waals surface area contributed by atoms with Crippen molar-refractivity contribution < 1.29 is 87.6 Å². The maximum atomic E-state index is 11.6. The van der Waals surface area contributed by atoms with E-state index in [-0.39, 0.29) is 51.4 Å². The summed E-state index contributed by atoms with van der Waals surface area (Å²) in [5.41, 5.74) is 0. The first-order valence-corrected chi connectivity index (χ1v) is 2.86. The van der Waals surface area contributed by atoms with Gasteiger partial charge in [0.25, 0.3) is 4.87 Å². The van der Waals surface area contributed by atoms with E-state index in [9.17, 15) is 36.2 Å². The Balaban J connectivity index is 0. The Kier molecular flexibility index (Phi) is 6.05. The van der Waals surface area contributed by atoms with Crippen molar-refractivity contribution in [2.24, 2.45) is 0 Å². The Hall–Kier alpha value is 0.976. The number of rotatable bonds is 1. The Morgan fingerprint density at radius 1 is 1.00 bits per heavy atom. The quantitative estimate of drug-likeness (QED) is 0.309. The number of carboxylic acids is 1. The second-order valence-corrected chi connectivity index (χ2v) is 2.51. The van der Waals surface area contributed by atoms with Crippen LogP contribution < -0.4 is 56.5 Å². The monoisotopic (exact) mass is 268 g/mol. The molecule has 0 aliphatic heterocycles. The third-order valence-corrected chi connectivity index (χ3v) is 1.65. The van der Waals surface area contributed by atoms with Crippen LogP contribution in [0.4, 0.5) is 26.3 Å². The number of hydrogen-bond donors (Lipinski definition) is 0. The molecule has 0 amide bonds. The fourth-order valence-electron chi connectivity index (χ4n) is 0.392. The van der Waals surface area contributed by atoms with Gasteiger partial charge in [0, 0.05) is 0 Å². The number of carbonyl (C=O) groups is 1. The first kappa shape index (κ1) is 17.4. The van der Waals surface area contributed by atoms with Crippen LogP contribution >= 0.6 is 11.6 Å². The van der Waals surface area contributed by atoms with Gasteiger partial charge in [0.1, 0.15) is 0 Å². The molecule has 0 atom stereocenters. The maximum absolute atomic E-state index is 11.6. The van der Waals surface area contributed by atoms with Crippen molar-refractivity contribution in [2.45, 2.75) is 17.2 Å². The van der Waals surface area contributed by atoms with Crippen molar-refractivity contribution in [1.82, 2.24) is 0 Å². The zero-order chi connectivity index (χ0) is 11.1. The molecule has 0 bridgehead atoms. The van der Waals surface area contributed by atoms with E-state index in [1.165, 1.54) is 0 Å².